The molecule has 0 fully saturated rings. The van der Waals surface area contributed by atoms with Crippen LogP contribution in [0.25, 0.3) is 20.7 Å². The second-order valence-corrected chi connectivity index (χ2v) is 8.67. The first-order valence-electron chi connectivity index (χ1n) is 10.2. The first kappa shape index (κ1) is 26.2. The molecule has 196 valence electrons. The number of nitrogens with zero attached hydrogens (tertiary/aromatic N) is 2. The molecule has 15 heteroatoms. The van der Waals surface area contributed by atoms with Gasteiger partial charge in [-0.15, -0.1) is 24.5 Å². The van der Waals surface area contributed by atoms with Gasteiger partial charge in [-0.2, -0.15) is 13.2 Å². The van der Waals surface area contributed by atoms with E-state index in [4.69, 9.17) is 4.74 Å². The fourth-order valence-electron chi connectivity index (χ4n) is 3.40. The van der Waals surface area contributed by atoms with E-state index in [0.29, 0.717) is 20.6 Å². The third-order valence-electron chi connectivity index (χ3n) is 5.08. The minimum Gasteiger partial charge on any atom is -0.439 e. The molecule has 1 aromatic carbocycles. The minimum absolute atomic E-state index is 0.00420. The summed E-state index contributed by atoms with van der Waals surface area (Å²) < 4.78 is 85.4. The molecule has 0 aliphatic carbocycles. The van der Waals surface area contributed by atoms with Crippen LogP contribution >= 0.6 is 11.3 Å². The van der Waals surface area contributed by atoms with Crippen molar-refractivity contribution in [3.8, 4) is 27.8 Å². The van der Waals surface area contributed by atoms with Crippen molar-refractivity contribution in [1.82, 2.24) is 14.5 Å². The van der Waals surface area contributed by atoms with Gasteiger partial charge in [-0.05, 0) is 42.8 Å². The molecular weight excluding hydrogens is 532 g/mol. The SMILES string of the molecule is Cc1c(-c2ccc(Oc3ccc(OC(F)(F)F)cc3)nc2)sc2c1c(=O)[nH]c(=O)n2C[C@@H](O)C(F)(F)F. The predicted molar refractivity (Wildman–Crippen MR) is 120 cm³/mol. The van der Waals surface area contributed by atoms with Gasteiger partial charge in [0, 0.05) is 22.7 Å². The zero-order chi connectivity index (χ0) is 27.1. The second kappa shape index (κ2) is 9.55. The Bertz CT molecular complexity index is 1540. The molecule has 0 spiro atoms. The van der Waals surface area contributed by atoms with Crippen molar-refractivity contribution in [3.05, 3.63) is 69.0 Å². The lowest BCUT2D eigenvalue weighted by Crippen LogP contribution is -2.38. The van der Waals surface area contributed by atoms with Crippen molar-refractivity contribution in [1.29, 1.82) is 0 Å². The van der Waals surface area contributed by atoms with Gasteiger partial charge < -0.3 is 14.6 Å². The van der Waals surface area contributed by atoms with Gasteiger partial charge in [0.25, 0.3) is 5.56 Å². The number of rotatable bonds is 6. The van der Waals surface area contributed by atoms with E-state index >= 15 is 0 Å². The molecule has 2 N–H and O–H groups in total. The molecule has 4 aromatic rings. The lowest BCUT2D eigenvalue weighted by molar-refractivity contribution is -0.274. The second-order valence-electron chi connectivity index (χ2n) is 7.67. The molecule has 0 amide bonds. The monoisotopic (exact) mass is 547 g/mol. The van der Waals surface area contributed by atoms with Crippen LogP contribution in [-0.4, -0.2) is 38.3 Å². The van der Waals surface area contributed by atoms with Crippen molar-refractivity contribution in [2.24, 2.45) is 0 Å². The van der Waals surface area contributed by atoms with Crippen LogP contribution in [0.15, 0.2) is 52.2 Å². The number of fused-ring (bicyclic) bond motifs is 1. The summed E-state index contributed by atoms with van der Waals surface area (Å²) in [5, 5.41) is 9.44. The fraction of sp³-hybridized carbons (Fsp3) is 0.227. The Kier molecular flexibility index (Phi) is 6.77. The van der Waals surface area contributed by atoms with Gasteiger partial charge >= 0.3 is 18.2 Å². The third kappa shape index (κ3) is 5.77. The summed E-state index contributed by atoms with van der Waals surface area (Å²) in [6.45, 7) is 0.445. The van der Waals surface area contributed by atoms with Gasteiger partial charge in [0.2, 0.25) is 5.88 Å². The number of hydrogen-bond donors (Lipinski definition) is 2. The molecule has 0 aliphatic rings. The number of ether oxygens (including phenoxy) is 2. The van der Waals surface area contributed by atoms with Gasteiger partial charge in [-0.3, -0.25) is 14.3 Å². The first-order chi connectivity index (χ1) is 17.2. The van der Waals surface area contributed by atoms with Crippen LogP contribution in [0.3, 0.4) is 0 Å². The summed E-state index contributed by atoms with van der Waals surface area (Å²) in [6, 6.07) is 7.59. The van der Waals surface area contributed by atoms with Gasteiger partial charge in [-0.25, -0.2) is 9.78 Å². The molecule has 37 heavy (non-hydrogen) atoms. The molecule has 1 atom stereocenters. The number of thiophene rings is 1. The highest BCUT2D eigenvalue weighted by Crippen LogP contribution is 2.37. The Morgan fingerprint density at radius 2 is 1.70 bits per heavy atom. The number of aryl methyl sites for hydroxylation is 1. The van der Waals surface area contributed by atoms with Crippen LogP contribution in [-0.2, 0) is 6.54 Å². The fourth-order valence-corrected chi connectivity index (χ4v) is 4.70. The van der Waals surface area contributed by atoms with E-state index in [1.165, 1.54) is 24.4 Å². The number of hydrogen-bond acceptors (Lipinski definition) is 7. The van der Waals surface area contributed by atoms with E-state index in [0.717, 1.165) is 23.5 Å². The number of nitrogens with one attached hydrogen (secondary N) is 1. The number of H-pyrrole nitrogens is 1. The van der Waals surface area contributed by atoms with Crippen LogP contribution in [0.4, 0.5) is 26.3 Å². The summed E-state index contributed by atoms with van der Waals surface area (Å²) in [5.74, 6) is -0.179. The van der Waals surface area contributed by atoms with Crippen molar-refractivity contribution in [2.75, 3.05) is 0 Å². The number of aliphatic hydroxyl groups excluding tert-OH is 1. The number of aromatic nitrogens is 3. The Morgan fingerprint density at radius 3 is 2.27 bits per heavy atom. The summed E-state index contributed by atoms with van der Waals surface area (Å²) in [5.41, 5.74) is -1.05. The molecule has 0 unspecified atom stereocenters. The quantitative estimate of drug-likeness (QED) is 0.338. The zero-order valence-corrected chi connectivity index (χ0v) is 19.3. The number of aromatic amines is 1. The highest BCUT2D eigenvalue weighted by atomic mass is 32.1. The van der Waals surface area contributed by atoms with Crippen molar-refractivity contribution in [3.63, 3.8) is 0 Å². The number of halogens is 6. The molecule has 4 rings (SSSR count). The summed E-state index contributed by atoms with van der Waals surface area (Å²) in [7, 11) is 0. The van der Waals surface area contributed by atoms with Crippen LogP contribution in [0.2, 0.25) is 0 Å². The molecule has 0 aliphatic heterocycles. The maximum atomic E-state index is 12.9. The number of pyridine rings is 1. The standard InChI is InChI=1S/C22H15F6N3O5S/c1-10-16-18(33)30-20(34)31(9-14(32)21(23,24)25)19(16)37-17(10)11-2-7-15(29-8-11)35-12-3-5-13(6-4-12)36-22(26,27)28/h2-8,14,32H,9H2,1H3,(H,30,33,34)/t14-/m1/s1. The van der Waals surface area contributed by atoms with Crippen LogP contribution in [0, 0.1) is 6.92 Å². The molecule has 0 radical (unpaired) electrons. The smallest absolute Gasteiger partial charge is 0.439 e. The van der Waals surface area contributed by atoms with Gasteiger partial charge in [0.1, 0.15) is 16.3 Å². The Hall–Kier alpha value is -3.85. The maximum absolute atomic E-state index is 12.9. The van der Waals surface area contributed by atoms with E-state index in [2.05, 4.69) is 9.72 Å². The Balaban J connectivity index is 1.62. The Labute approximate surface area is 206 Å². The van der Waals surface area contributed by atoms with E-state index in [-0.39, 0.29) is 21.8 Å². The third-order valence-corrected chi connectivity index (χ3v) is 6.44. The average molecular weight is 547 g/mol. The van der Waals surface area contributed by atoms with Gasteiger partial charge in [0.05, 0.1) is 11.9 Å². The number of benzene rings is 1. The summed E-state index contributed by atoms with van der Waals surface area (Å²) in [6.07, 6.45) is -11.3. The van der Waals surface area contributed by atoms with Gasteiger partial charge in [-0.1, -0.05) is 0 Å². The first-order valence-corrected chi connectivity index (χ1v) is 11.1. The molecule has 3 heterocycles. The maximum Gasteiger partial charge on any atom is 0.573 e. The van der Waals surface area contributed by atoms with Gasteiger partial charge in [0.15, 0.2) is 6.10 Å². The van der Waals surface area contributed by atoms with Crippen molar-refractivity contribution >= 4 is 21.6 Å². The minimum atomic E-state index is -4.97. The molecule has 0 saturated heterocycles. The molecular formula is C22H15F6N3O5S. The zero-order valence-electron chi connectivity index (χ0n) is 18.5. The Morgan fingerprint density at radius 1 is 1.05 bits per heavy atom. The predicted octanol–water partition coefficient (Wildman–Crippen LogP) is 4.74. The van der Waals surface area contributed by atoms with E-state index in [1.807, 2.05) is 4.98 Å². The molecule has 0 bridgehead atoms. The highest BCUT2D eigenvalue weighted by Gasteiger charge is 2.39. The molecule has 0 saturated carbocycles. The highest BCUT2D eigenvalue weighted by molar-refractivity contribution is 7.22. The van der Waals surface area contributed by atoms with Crippen LogP contribution in [0.5, 0.6) is 17.4 Å². The van der Waals surface area contributed by atoms with E-state index < -0.39 is 42.2 Å². The summed E-state index contributed by atoms with van der Waals surface area (Å²) >= 11 is 0.878. The van der Waals surface area contributed by atoms with Crippen molar-refractivity contribution < 1.29 is 40.9 Å². The normalized spacial score (nSPS) is 13.1. The lowest BCUT2D eigenvalue weighted by Gasteiger charge is -2.15. The van der Waals surface area contributed by atoms with Crippen molar-refractivity contribution in [2.45, 2.75) is 32.1 Å². The van der Waals surface area contributed by atoms with Crippen LogP contribution < -0.4 is 20.7 Å². The van der Waals surface area contributed by atoms with E-state index in [9.17, 15) is 41.0 Å². The van der Waals surface area contributed by atoms with Crippen LogP contribution in [0.1, 0.15) is 5.56 Å². The topological polar surface area (TPSA) is 106 Å². The average Bonchev–Trinajstić information content (AvgIpc) is 3.14. The summed E-state index contributed by atoms with van der Waals surface area (Å²) in [4.78, 5) is 31.1. The largest absolute Gasteiger partial charge is 0.573 e. The van der Waals surface area contributed by atoms with E-state index in [1.54, 1.807) is 13.0 Å². The lowest BCUT2D eigenvalue weighted by atomic mass is 10.1. The molecule has 8 nitrogen and oxygen atoms in total. The number of aliphatic hydroxyl groups is 1. The molecule has 3 aromatic heterocycles. The number of alkyl halides is 6.